The van der Waals surface area contributed by atoms with Crippen LogP contribution in [0.4, 0.5) is 0 Å². The Labute approximate surface area is 117 Å². The molecule has 0 spiro atoms. The van der Waals surface area contributed by atoms with E-state index in [2.05, 4.69) is 0 Å². The van der Waals surface area contributed by atoms with Crippen LogP contribution in [-0.4, -0.2) is 10.9 Å². The zero-order chi connectivity index (χ0) is 13.8. The molecule has 2 rings (SSSR count). The summed E-state index contributed by atoms with van der Waals surface area (Å²) in [4.78, 5) is 12.1. The average molecular weight is 273 g/mol. The quantitative estimate of drug-likeness (QED) is 0.670. The van der Waals surface area contributed by atoms with Crippen LogP contribution in [-0.2, 0) is 0 Å². The maximum absolute atomic E-state index is 12.1. The second kappa shape index (κ2) is 5.72. The van der Waals surface area contributed by atoms with Crippen LogP contribution in [0.5, 0.6) is 5.75 Å². The van der Waals surface area contributed by atoms with Crippen molar-refractivity contribution in [1.82, 2.24) is 0 Å². The van der Waals surface area contributed by atoms with Gasteiger partial charge in [0.25, 0.3) is 0 Å². The fourth-order valence-corrected chi connectivity index (χ4v) is 1.96. The Balaban J connectivity index is 2.31. The zero-order valence-corrected chi connectivity index (χ0v) is 11.2. The van der Waals surface area contributed by atoms with Gasteiger partial charge in [0.1, 0.15) is 5.75 Å². The molecule has 3 heteroatoms. The fraction of sp³-hybridized carbons (Fsp3) is 0.0625. The van der Waals surface area contributed by atoms with Crippen molar-refractivity contribution in [2.24, 2.45) is 0 Å². The van der Waals surface area contributed by atoms with E-state index in [4.69, 9.17) is 11.6 Å². The summed E-state index contributed by atoms with van der Waals surface area (Å²) in [5, 5.41) is 10.2. The number of phenolic OH excluding ortho intramolecular Hbond substituents is 1. The van der Waals surface area contributed by atoms with Gasteiger partial charge in [-0.1, -0.05) is 48.0 Å². The van der Waals surface area contributed by atoms with Crippen molar-refractivity contribution >= 4 is 23.5 Å². The molecule has 0 atom stereocenters. The largest absolute Gasteiger partial charge is 0.507 e. The molecule has 0 amide bonds. The highest BCUT2D eigenvalue weighted by Gasteiger charge is 2.13. The predicted octanol–water partition coefficient (Wildman–Crippen LogP) is 4.25. The van der Waals surface area contributed by atoms with Gasteiger partial charge < -0.3 is 5.11 Å². The molecular formula is C16H13ClO2. The molecular weight excluding hydrogens is 260 g/mol. The van der Waals surface area contributed by atoms with E-state index in [1.165, 1.54) is 12.1 Å². The Kier molecular flexibility index (Phi) is 4.03. The third-order valence-electron chi connectivity index (χ3n) is 2.85. The second-order valence-corrected chi connectivity index (χ2v) is 4.58. The predicted molar refractivity (Wildman–Crippen MR) is 77.7 cm³/mol. The zero-order valence-electron chi connectivity index (χ0n) is 10.4. The van der Waals surface area contributed by atoms with Crippen LogP contribution in [0.25, 0.3) is 6.08 Å². The SMILES string of the molecule is Cc1c(Cl)ccc(O)c1C(=O)/C=C/c1ccccc1. The topological polar surface area (TPSA) is 37.3 Å². The summed E-state index contributed by atoms with van der Waals surface area (Å²) >= 11 is 5.96. The van der Waals surface area contributed by atoms with Crippen LogP contribution in [0.1, 0.15) is 21.5 Å². The van der Waals surface area contributed by atoms with Crippen molar-refractivity contribution in [3.05, 3.63) is 70.3 Å². The number of phenols is 1. The number of rotatable bonds is 3. The smallest absolute Gasteiger partial charge is 0.189 e. The van der Waals surface area contributed by atoms with E-state index in [0.717, 1.165) is 5.56 Å². The highest BCUT2D eigenvalue weighted by molar-refractivity contribution is 6.32. The van der Waals surface area contributed by atoms with Gasteiger partial charge in [-0.25, -0.2) is 0 Å². The molecule has 0 bridgehead atoms. The Hall–Kier alpha value is -2.06. The van der Waals surface area contributed by atoms with Crippen LogP contribution in [0.3, 0.4) is 0 Å². The van der Waals surface area contributed by atoms with E-state index in [-0.39, 0.29) is 17.1 Å². The molecule has 1 N–H and O–H groups in total. The van der Waals surface area contributed by atoms with E-state index >= 15 is 0 Å². The van der Waals surface area contributed by atoms with Gasteiger partial charge in [-0.15, -0.1) is 0 Å². The van der Waals surface area contributed by atoms with Gasteiger partial charge in [-0.05, 0) is 36.3 Å². The van der Waals surface area contributed by atoms with Crippen LogP contribution in [0.15, 0.2) is 48.5 Å². The third kappa shape index (κ3) is 3.04. The maximum Gasteiger partial charge on any atom is 0.189 e. The standard InChI is InChI=1S/C16H13ClO2/c1-11-13(17)8-10-15(19)16(11)14(18)9-7-12-5-3-2-4-6-12/h2-10,19H,1H3/b9-7+. The average Bonchev–Trinajstić information content (AvgIpc) is 2.42. The van der Waals surface area contributed by atoms with E-state index < -0.39 is 0 Å². The normalized spacial score (nSPS) is 10.8. The van der Waals surface area contributed by atoms with Gasteiger partial charge in [0.2, 0.25) is 0 Å². The minimum Gasteiger partial charge on any atom is -0.507 e. The van der Waals surface area contributed by atoms with Crippen molar-refractivity contribution < 1.29 is 9.90 Å². The molecule has 0 radical (unpaired) electrons. The molecule has 0 unspecified atom stereocenters. The number of carbonyl (C=O) groups excluding carboxylic acids is 1. The van der Waals surface area contributed by atoms with E-state index in [1.807, 2.05) is 30.3 Å². The lowest BCUT2D eigenvalue weighted by molar-refractivity contribution is 0.104. The molecule has 0 heterocycles. The molecule has 96 valence electrons. The van der Waals surface area contributed by atoms with Gasteiger partial charge in [0.15, 0.2) is 5.78 Å². The van der Waals surface area contributed by atoms with Crippen molar-refractivity contribution in [3.8, 4) is 5.75 Å². The van der Waals surface area contributed by atoms with E-state index in [0.29, 0.717) is 10.6 Å². The summed E-state index contributed by atoms with van der Waals surface area (Å²) in [5.74, 6) is -0.314. The molecule has 0 aliphatic carbocycles. The molecule has 0 aromatic heterocycles. The first kappa shape index (κ1) is 13.4. The van der Waals surface area contributed by atoms with Crippen LogP contribution in [0, 0.1) is 6.92 Å². The van der Waals surface area contributed by atoms with Crippen molar-refractivity contribution in [2.45, 2.75) is 6.92 Å². The number of hydrogen-bond acceptors (Lipinski definition) is 2. The van der Waals surface area contributed by atoms with Gasteiger partial charge >= 0.3 is 0 Å². The Morgan fingerprint density at radius 1 is 1.16 bits per heavy atom. The van der Waals surface area contributed by atoms with Crippen LogP contribution >= 0.6 is 11.6 Å². The number of allylic oxidation sites excluding steroid dienone is 1. The lowest BCUT2D eigenvalue weighted by Gasteiger charge is -2.06. The summed E-state index contributed by atoms with van der Waals surface area (Å²) in [6.45, 7) is 1.71. The highest BCUT2D eigenvalue weighted by Crippen LogP contribution is 2.27. The number of carbonyl (C=O) groups is 1. The molecule has 0 aliphatic rings. The number of halogens is 1. The summed E-state index contributed by atoms with van der Waals surface area (Å²) in [6, 6.07) is 12.5. The maximum atomic E-state index is 12.1. The van der Waals surface area contributed by atoms with Gasteiger partial charge in [-0.3, -0.25) is 4.79 Å². The minimum atomic E-state index is -0.263. The molecule has 2 aromatic rings. The van der Waals surface area contributed by atoms with E-state index in [1.54, 1.807) is 19.1 Å². The first-order chi connectivity index (χ1) is 9.09. The van der Waals surface area contributed by atoms with Gasteiger partial charge in [-0.2, -0.15) is 0 Å². The molecule has 0 saturated heterocycles. The number of benzene rings is 2. The first-order valence-corrected chi connectivity index (χ1v) is 6.23. The molecule has 0 aliphatic heterocycles. The highest BCUT2D eigenvalue weighted by atomic mass is 35.5. The van der Waals surface area contributed by atoms with Crippen molar-refractivity contribution in [3.63, 3.8) is 0 Å². The van der Waals surface area contributed by atoms with Crippen molar-refractivity contribution in [1.29, 1.82) is 0 Å². The number of aromatic hydroxyl groups is 1. The lowest BCUT2D eigenvalue weighted by Crippen LogP contribution is -1.99. The summed E-state index contributed by atoms with van der Waals surface area (Å²) < 4.78 is 0. The fourth-order valence-electron chi connectivity index (χ4n) is 1.80. The van der Waals surface area contributed by atoms with Gasteiger partial charge in [0, 0.05) is 5.02 Å². The number of ketones is 1. The van der Waals surface area contributed by atoms with Gasteiger partial charge in [0.05, 0.1) is 5.56 Å². The van der Waals surface area contributed by atoms with Crippen molar-refractivity contribution in [2.75, 3.05) is 0 Å². The van der Waals surface area contributed by atoms with E-state index in [9.17, 15) is 9.90 Å². The molecule has 0 saturated carbocycles. The van der Waals surface area contributed by atoms with Crippen LogP contribution in [0.2, 0.25) is 5.02 Å². The first-order valence-electron chi connectivity index (χ1n) is 5.85. The Morgan fingerprint density at radius 2 is 1.84 bits per heavy atom. The lowest BCUT2D eigenvalue weighted by atomic mass is 10.0. The molecule has 0 fully saturated rings. The Morgan fingerprint density at radius 3 is 2.53 bits per heavy atom. The Bertz CT molecular complexity index is 631. The molecule has 2 nitrogen and oxygen atoms in total. The molecule has 2 aromatic carbocycles. The molecule has 19 heavy (non-hydrogen) atoms. The minimum absolute atomic E-state index is 0.0513. The third-order valence-corrected chi connectivity index (χ3v) is 3.26. The summed E-state index contributed by atoms with van der Waals surface area (Å²) in [7, 11) is 0. The summed E-state index contributed by atoms with van der Waals surface area (Å²) in [6.07, 6.45) is 3.15. The second-order valence-electron chi connectivity index (χ2n) is 4.17. The summed E-state index contributed by atoms with van der Waals surface area (Å²) in [5.41, 5.74) is 1.76. The van der Waals surface area contributed by atoms with Crippen LogP contribution < -0.4 is 0 Å². The monoisotopic (exact) mass is 272 g/mol. The number of hydrogen-bond donors (Lipinski definition) is 1.